The molecule has 0 bridgehead atoms. The molecule has 3 N–H and O–H groups in total. The van der Waals surface area contributed by atoms with Crippen molar-refractivity contribution in [3.05, 3.63) is 23.9 Å². The standard InChI is InChI=1S/C14H20N4O2/c15-17-12-9-11(1-5-16-12)13(19)18-6-2-14(10-18)3-7-20-8-4-14/h1,5,9H,2-4,6-8,10,15H2,(H,16,17). The lowest BCUT2D eigenvalue weighted by Gasteiger charge is -2.33. The normalized spacial score (nSPS) is 21.1. The number of aromatic nitrogens is 1. The van der Waals surface area contributed by atoms with Gasteiger partial charge in [0.25, 0.3) is 5.91 Å². The number of anilines is 1. The molecule has 0 radical (unpaired) electrons. The quantitative estimate of drug-likeness (QED) is 0.622. The number of nitrogens with two attached hydrogens (primary N) is 1. The minimum Gasteiger partial charge on any atom is -0.381 e. The van der Waals surface area contributed by atoms with E-state index >= 15 is 0 Å². The molecule has 1 aromatic rings. The van der Waals surface area contributed by atoms with E-state index < -0.39 is 0 Å². The van der Waals surface area contributed by atoms with E-state index in [-0.39, 0.29) is 11.3 Å². The molecule has 2 saturated heterocycles. The molecule has 0 aromatic carbocycles. The Labute approximate surface area is 118 Å². The summed E-state index contributed by atoms with van der Waals surface area (Å²) in [7, 11) is 0. The molecule has 6 heteroatoms. The molecule has 1 amide bonds. The van der Waals surface area contributed by atoms with Gasteiger partial charge in [0.15, 0.2) is 0 Å². The number of pyridine rings is 1. The van der Waals surface area contributed by atoms with Crippen LogP contribution in [0.3, 0.4) is 0 Å². The van der Waals surface area contributed by atoms with Gasteiger partial charge in [0.05, 0.1) is 0 Å². The molecule has 3 rings (SSSR count). The number of carbonyl (C=O) groups excluding carboxylic acids is 1. The predicted octanol–water partition coefficient (Wildman–Crippen LogP) is 1.01. The second kappa shape index (κ2) is 5.38. The molecule has 20 heavy (non-hydrogen) atoms. The summed E-state index contributed by atoms with van der Waals surface area (Å²) in [5, 5.41) is 0. The van der Waals surface area contributed by atoms with Crippen molar-refractivity contribution in [1.29, 1.82) is 0 Å². The van der Waals surface area contributed by atoms with Gasteiger partial charge in [-0.05, 0) is 36.8 Å². The van der Waals surface area contributed by atoms with Gasteiger partial charge in [-0.1, -0.05) is 0 Å². The van der Waals surface area contributed by atoms with Crippen LogP contribution in [0.1, 0.15) is 29.6 Å². The first-order chi connectivity index (χ1) is 9.72. The third-order valence-electron chi connectivity index (χ3n) is 4.43. The average molecular weight is 276 g/mol. The molecule has 2 aliphatic rings. The zero-order valence-electron chi connectivity index (χ0n) is 11.5. The number of nitrogen functional groups attached to an aromatic ring is 1. The molecule has 0 atom stereocenters. The van der Waals surface area contributed by atoms with Gasteiger partial charge >= 0.3 is 0 Å². The van der Waals surface area contributed by atoms with E-state index in [1.807, 2.05) is 4.90 Å². The van der Waals surface area contributed by atoms with Crippen LogP contribution in [0.15, 0.2) is 18.3 Å². The van der Waals surface area contributed by atoms with Gasteiger partial charge in [-0.25, -0.2) is 10.8 Å². The Bertz CT molecular complexity index is 500. The topological polar surface area (TPSA) is 80.5 Å². The van der Waals surface area contributed by atoms with Gasteiger partial charge in [0.2, 0.25) is 0 Å². The third kappa shape index (κ3) is 2.48. The molecule has 2 fully saturated rings. The van der Waals surface area contributed by atoms with Gasteiger partial charge in [-0.2, -0.15) is 0 Å². The van der Waals surface area contributed by atoms with Crippen LogP contribution in [0.25, 0.3) is 0 Å². The van der Waals surface area contributed by atoms with Crippen LogP contribution in [0.5, 0.6) is 0 Å². The summed E-state index contributed by atoms with van der Waals surface area (Å²) in [5.41, 5.74) is 3.38. The fraction of sp³-hybridized carbons (Fsp3) is 0.571. The van der Waals surface area contributed by atoms with Crippen LogP contribution in [0.4, 0.5) is 5.82 Å². The number of amides is 1. The molecule has 6 nitrogen and oxygen atoms in total. The number of hydrazine groups is 1. The number of nitrogens with zero attached hydrogens (tertiary/aromatic N) is 2. The maximum atomic E-state index is 12.5. The Hall–Kier alpha value is -1.66. The smallest absolute Gasteiger partial charge is 0.254 e. The Morgan fingerprint density at radius 1 is 1.40 bits per heavy atom. The van der Waals surface area contributed by atoms with Crippen molar-refractivity contribution >= 4 is 11.7 Å². The maximum absolute atomic E-state index is 12.5. The molecular weight excluding hydrogens is 256 g/mol. The lowest BCUT2D eigenvalue weighted by atomic mass is 9.80. The monoisotopic (exact) mass is 276 g/mol. The van der Waals surface area contributed by atoms with Crippen LogP contribution in [-0.4, -0.2) is 42.1 Å². The summed E-state index contributed by atoms with van der Waals surface area (Å²) >= 11 is 0. The Morgan fingerprint density at radius 2 is 2.20 bits per heavy atom. The van der Waals surface area contributed by atoms with Crippen LogP contribution in [-0.2, 0) is 4.74 Å². The summed E-state index contributed by atoms with van der Waals surface area (Å²) in [4.78, 5) is 18.5. The number of nitrogens with one attached hydrogen (secondary N) is 1. The van der Waals surface area contributed by atoms with Crippen molar-refractivity contribution in [2.45, 2.75) is 19.3 Å². The van der Waals surface area contributed by atoms with Crippen molar-refractivity contribution in [1.82, 2.24) is 9.88 Å². The van der Waals surface area contributed by atoms with E-state index in [1.165, 1.54) is 0 Å². The number of hydrogen-bond acceptors (Lipinski definition) is 5. The average Bonchev–Trinajstić information content (AvgIpc) is 2.91. The van der Waals surface area contributed by atoms with Crippen molar-refractivity contribution < 1.29 is 9.53 Å². The summed E-state index contributed by atoms with van der Waals surface area (Å²) in [6.45, 7) is 3.30. The Kier molecular flexibility index (Phi) is 3.58. The molecule has 0 saturated carbocycles. The minimum atomic E-state index is 0.0623. The van der Waals surface area contributed by atoms with E-state index in [0.717, 1.165) is 45.6 Å². The number of likely N-dealkylation sites (tertiary alicyclic amines) is 1. The fourth-order valence-corrected chi connectivity index (χ4v) is 3.15. The van der Waals surface area contributed by atoms with Crippen LogP contribution in [0.2, 0.25) is 0 Å². The summed E-state index contributed by atoms with van der Waals surface area (Å²) in [6, 6.07) is 3.43. The van der Waals surface area contributed by atoms with E-state index in [2.05, 4.69) is 10.4 Å². The Balaban J connectivity index is 1.72. The summed E-state index contributed by atoms with van der Waals surface area (Å²) in [6.07, 6.45) is 4.79. The molecule has 108 valence electrons. The van der Waals surface area contributed by atoms with Crippen LogP contribution in [0, 0.1) is 5.41 Å². The zero-order valence-corrected chi connectivity index (χ0v) is 11.5. The largest absolute Gasteiger partial charge is 0.381 e. The highest BCUT2D eigenvalue weighted by molar-refractivity contribution is 5.95. The molecule has 0 unspecified atom stereocenters. The van der Waals surface area contributed by atoms with Crippen molar-refractivity contribution in [3.8, 4) is 0 Å². The predicted molar refractivity (Wildman–Crippen MR) is 75.1 cm³/mol. The number of rotatable bonds is 2. The summed E-state index contributed by atoms with van der Waals surface area (Å²) in [5.74, 6) is 5.91. The second-order valence-electron chi connectivity index (χ2n) is 5.66. The first-order valence-electron chi connectivity index (χ1n) is 7.02. The van der Waals surface area contributed by atoms with Gasteiger partial charge in [0, 0.05) is 38.1 Å². The molecule has 1 aromatic heterocycles. The van der Waals surface area contributed by atoms with E-state index in [9.17, 15) is 4.79 Å². The summed E-state index contributed by atoms with van der Waals surface area (Å²) < 4.78 is 5.43. The highest BCUT2D eigenvalue weighted by atomic mass is 16.5. The highest BCUT2D eigenvalue weighted by Crippen LogP contribution is 2.40. The van der Waals surface area contributed by atoms with E-state index in [0.29, 0.717) is 11.4 Å². The van der Waals surface area contributed by atoms with Gasteiger partial charge in [-0.15, -0.1) is 0 Å². The minimum absolute atomic E-state index is 0.0623. The first kappa shape index (κ1) is 13.3. The van der Waals surface area contributed by atoms with E-state index in [1.54, 1.807) is 18.3 Å². The van der Waals surface area contributed by atoms with Gasteiger partial charge < -0.3 is 15.1 Å². The third-order valence-corrected chi connectivity index (χ3v) is 4.43. The second-order valence-corrected chi connectivity index (χ2v) is 5.66. The maximum Gasteiger partial charge on any atom is 0.254 e. The lowest BCUT2D eigenvalue weighted by Crippen LogP contribution is -2.35. The number of carbonyl (C=O) groups is 1. The SMILES string of the molecule is NNc1cc(C(=O)N2CCC3(CCOCC3)C2)ccn1. The van der Waals surface area contributed by atoms with Crippen molar-refractivity contribution in [2.24, 2.45) is 11.3 Å². The number of ether oxygens (including phenoxy) is 1. The zero-order chi connectivity index (χ0) is 14.0. The lowest BCUT2D eigenvalue weighted by molar-refractivity contribution is 0.0191. The van der Waals surface area contributed by atoms with Crippen molar-refractivity contribution in [3.63, 3.8) is 0 Å². The molecular formula is C14H20N4O2. The highest BCUT2D eigenvalue weighted by Gasteiger charge is 2.41. The molecule has 0 aliphatic carbocycles. The van der Waals surface area contributed by atoms with E-state index in [4.69, 9.17) is 10.6 Å². The molecule has 1 spiro atoms. The fourth-order valence-electron chi connectivity index (χ4n) is 3.15. The molecule has 2 aliphatic heterocycles. The van der Waals surface area contributed by atoms with Crippen LogP contribution >= 0.6 is 0 Å². The molecule has 3 heterocycles. The van der Waals surface area contributed by atoms with Crippen molar-refractivity contribution in [2.75, 3.05) is 31.7 Å². The van der Waals surface area contributed by atoms with Crippen LogP contribution < -0.4 is 11.3 Å². The van der Waals surface area contributed by atoms with Gasteiger partial charge in [-0.3, -0.25) is 4.79 Å². The van der Waals surface area contributed by atoms with Gasteiger partial charge in [0.1, 0.15) is 5.82 Å². The first-order valence-corrected chi connectivity index (χ1v) is 7.02. The Morgan fingerprint density at radius 3 is 2.95 bits per heavy atom. The number of hydrogen-bond donors (Lipinski definition) is 2.